The molecule has 1 aliphatic rings. The van der Waals surface area contributed by atoms with Crippen molar-refractivity contribution in [2.45, 2.75) is 25.8 Å². The number of nitrogens with zero attached hydrogens (tertiary/aromatic N) is 1. The number of hydrogen-bond donors (Lipinski definition) is 1. The molecule has 1 atom stereocenters. The Hall–Kier alpha value is -0.220. The molecule has 0 spiro atoms. The molecule has 1 rings (SSSR count). The number of carboxylic acids is 1. The third-order valence-electron chi connectivity index (χ3n) is 2.44. The van der Waals surface area contributed by atoms with Gasteiger partial charge >= 0.3 is 5.97 Å². The maximum Gasteiger partial charge on any atom is 0.304 e. The minimum Gasteiger partial charge on any atom is -0.481 e. The first-order chi connectivity index (χ1) is 6.20. The van der Waals surface area contributed by atoms with Crippen molar-refractivity contribution >= 4 is 17.7 Å². The molecule has 1 N–H and O–H groups in total. The van der Waals surface area contributed by atoms with Gasteiger partial charge in [-0.15, -0.1) is 0 Å². The summed E-state index contributed by atoms with van der Waals surface area (Å²) in [5, 5.41) is 8.57. The van der Waals surface area contributed by atoms with Gasteiger partial charge in [0.05, 0.1) is 6.42 Å². The maximum absolute atomic E-state index is 10.4. The minimum absolute atomic E-state index is 0.273. The van der Waals surface area contributed by atoms with Crippen molar-refractivity contribution in [2.24, 2.45) is 0 Å². The van der Waals surface area contributed by atoms with E-state index in [-0.39, 0.29) is 6.42 Å². The monoisotopic (exact) mass is 203 g/mol. The lowest BCUT2D eigenvalue weighted by Crippen LogP contribution is -2.35. The Balaban J connectivity index is 2.31. The molecule has 1 aliphatic heterocycles. The molecule has 0 amide bonds. The Morgan fingerprint density at radius 2 is 2.38 bits per heavy atom. The van der Waals surface area contributed by atoms with Gasteiger partial charge in [-0.25, -0.2) is 0 Å². The maximum atomic E-state index is 10.4. The Bertz CT molecular complexity index is 175. The van der Waals surface area contributed by atoms with Crippen LogP contribution in [0.1, 0.15) is 19.8 Å². The van der Waals surface area contributed by atoms with E-state index < -0.39 is 5.97 Å². The highest BCUT2D eigenvalue weighted by Crippen LogP contribution is 2.15. The summed E-state index contributed by atoms with van der Waals surface area (Å²) >= 11 is 1.97. The van der Waals surface area contributed by atoms with Crippen LogP contribution in [0.3, 0.4) is 0 Å². The molecule has 13 heavy (non-hydrogen) atoms. The number of hydrogen-bond acceptors (Lipinski definition) is 3. The highest BCUT2D eigenvalue weighted by Gasteiger charge is 2.17. The van der Waals surface area contributed by atoms with Gasteiger partial charge < -0.3 is 5.11 Å². The molecule has 0 radical (unpaired) electrons. The fourth-order valence-electron chi connectivity index (χ4n) is 1.51. The molecular weight excluding hydrogens is 186 g/mol. The van der Waals surface area contributed by atoms with E-state index in [1.807, 2.05) is 11.8 Å². The third-order valence-corrected chi connectivity index (χ3v) is 3.43. The van der Waals surface area contributed by atoms with Crippen LogP contribution in [0.15, 0.2) is 0 Å². The largest absolute Gasteiger partial charge is 0.481 e. The molecule has 1 fully saturated rings. The molecule has 1 heterocycles. The van der Waals surface area contributed by atoms with Gasteiger partial charge in [-0.1, -0.05) is 0 Å². The second kappa shape index (κ2) is 5.50. The van der Waals surface area contributed by atoms with Gasteiger partial charge in [0.2, 0.25) is 0 Å². The lowest BCUT2D eigenvalue weighted by atomic mass is 10.2. The summed E-state index contributed by atoms with van der Waals surface area (Å²) in [5.74, 6) is 1.67. The van der Waals surface area contributed by atoms with E-state index in [9.17, 15) is 4.79 Å². The van der Waals surface area contributed by atoms with Crippen LogP contribution in [0, 0.1) is 0 Å². The van der Waals surface area contributed by atoms with E-state index in [4.69, 9.17) is 5.11 Å². The molecule has 76 valence electrons. The first-order valence-corrected chi connectivity index (χ1v) is 5.89. The van der Waals surface area contributed by atoms with Gasteiger partial charge in [-0.05, 0) is 19.1 Å². The first kappa shape index (κ1) is 10.9. The van der Waals surface area contributed by atoms with Crippen LogP contribution in [0.5, 0.6) is 0 Å². The Kier molecular flexibility index (Phi) is 4.59. The second-order valence-electron chi connectivity index (χ2n) is 3.43. The number of carbonyl (C=O) groups is 1. The van der Waals surface area contributed by atoms with Crippen LogP contribution >= 0.6 is 11.8 Å². The van der Waals surface area contributed by atoms with Crippen LogP contribution in [0.4, 0.5) is 0 Å². The van der Waals surface area contributed by atoms with Gasteiger partial charge in [0.15, 0.2) is 0 Å². The summed E-state index contributed by atoms with van der Waals surface area (Å²) < 4.78 is 0. The average Bonchev–Trinajstić information content (AvgIpc) is 2.27. The standard InChI is InChI=1S/C9H17NO2S/c1-8-3-6-13-7-5-10(8)4-2-9(11)12/h8H,2-7H2,1H3,(H,11,12). The van der Waals surface area contributed by atoms with E-state index in [2.05, 4.69) is 11.8 Å². The minimum atomic E-state index is -0.691. The fourth-order valence-corrected chi connectivity index (χ4v) is 2.59. The van der Waals surface area contributed by atoms with Crippen LogP contribution in [0.2, 0.25) is 0 Å². The normalized spacial score (nSPS) is 25.5. The molecule has 0 aromatic carbocycles. The molecule has 0 aromatic heterocycles. The fraction of sp³-hybridized carbons (Fsp3) is 0.889. The molecule has 0 bridgehead atoms. The van der Waals surface area contributed by atoms with E-state index in [1.54, 1.807) is 0 Å². The molecule has 0 aliphatic carbocycles. The molecule has 1 unspecified atom stereocenters. The topological polar surface area (TPSA) is 40.5 Å². The van der Waals surface area contributed by atoms with E-state index in [0.29, 0.717) is 12.6 Å². The second-order valence-corrected chi connectivity index (χ2v) is 4.65. The van der Waals surface area contributed by atoms with E-state index in [0.717, 1.165) is 12.3 Å². The van der Waals surface area contributed by atoms with E-state index in [1.165, 1.54) is 12.2 Å². The Morgan fingerprint density at radius 3 is 3.08 bits per heavy atom. The number of rotatable bonds is 3. The summed E-state index contributed by atoms with van der Waals surface area (Å²) in [6, 6.07) is 0.550. The van der Waals surface area contributed by atoms with Gasteiger partial charge in [0.25, 0.3) is 0 Å². The van der Waals surface area contributed by atoms with Crippen LogP contribution in [-0.2, 0) is 4.79 Å². The van der Waals surface area contributed by atoms with Crippen molar-refractivity contribution in [1.29, 1.82) is 0 Å². The lowest BCUT2D eigenvalue weighted by Gasteiger charge is -2.25. The van der Waals surface area contributed by atoms with Gasteiger partial charge in [0.1, 0.15) is 0 Å². The Labute approximate surface area is 83.5 Å². The molecule has 3 nitrogen and oxygen atoms in total. The average molecular weight is 203 g/mol. The molecule has 0 aromatic rings. The lowest BCUT2D eigenvalue weighted by molar-refractivity contribution is -0.137. The zero-order valence-electron chi connectivity index (χ0n) is 8.03. The van der Waals surface area contributed by atoms with Crippen LogP contribution < -0.4 is 0 Å². The molecule has 1 saturated heterocycles. The number of thioether (sulfide) groups is 1. The van der Waals surface area contributed by atoms with Crippen molar-refractivity contribution < 1.29 is 9.90 Å². The van der Waals surface area contributed by atoms with Crippen molar-refractivity contribution in [3.05, 3.63) is 0 Å². The van der Waals surface area contributed by atoms with Crippen molar-refractivity contribution in [1.82, 2.24) is 4.90 Å². The predicted molar refractivity (Wildman–Crippen MR) is 55.2 cm³/mol. The van der Waals surface area contributed by atoms with Crippen molar-refractivity contribution in [3.63, 3.8) is 0 Å². The van der Waals surface area contributed by atoms with E-state index >= 15 is 0 Å². The highest BCUT2D eigenvalue weighted by molar-refractivity contribution is 7.99. The third kappa shape index (κ3) is 4.00. The summed E-state index contributed by atoms with van der Waals surface area (Å²) in [7, 11) is 0. The number of carboxylic acid groups (broad SMARTS) is 1. The predicted octanol–water partition coefficient (Wildman–Crippen LogP) is 1.29. The SMILES string of the molecule is CC1CCSCCN1CCC(=O)O. The van der Waals surface area contributed by atoms with Gasteiger partial charge in [0, 0.05) is 24.9 Å². The summed E-state index contributed by atoms with van der Waals surface area (Å²) in [6.45, 7) is 3.93. The van der Waals surface area contributed by atoms with Crippen LogP contribution in [-0.4, -0.2) is 46.6 Å². The van der Waals surface area contributed by atoms with Crippen molar-refractivity contribution in [3.8, 4) is 0 Å². The molecule has 4 heteroatoms. The summed E-state index contributed by atoms with van der Waals surface area (Å²) in [5.41, 5.74) is 0. The Morgan fingerprint density at radius 1 is 1.62 bits per heavy atom. The quantitative estimate of drug-likeness (QED) is 0.750. The summed E-state index contributed by atoms with van der Waals surface area (Å²) in [4.78, 5) is 12.7. The zero-order valence-corrected chi connectivity index (χ0v) is 8.85. The zero-order chi connectivity index (χ0) is 9.68. The molecule has 0 saturated carbocycles. The molecular formula is C9H17NO2S. The highest BCUT2D eigenvalue weighted by atomic mass is 32.2. The smallest absolute Gasteiger partial charge is 0.304 e. The summed E-state index contributed by atoms with van der Waals surface area (Å²) in [6.07, 6.45) is 1.46. The van der Waals surface area contributed by atoms with Gasteiger partial charge in [-0.2, -0.15) is 11.8 Å². The number of aliphatic carboxylic acids is 1. The van der Waals surface area contributed by atoms with Crippen LogP contribution in [0.25, 0.3) is 0 Å². The van der Waals surface area contributed by atoms with Crippen molar-refractivity contribution in [2.75, 3.05) is 24.6 Å². The first-order valence-electron chi connectivity index (χ1n) is 4.73. The van der Waals surface area contributed by atoms with Gasteiger partial charge in [-0.3, -0.25) is 9.69 Å².